The van der Waals surface area contributed by atoms with Crippen molar-refractivity contribution < 1.29 is 0 Å². The summed E-state index contributed by atoms with van der Waals surface area (Å²) in [5.41, 5.74) is 15.6. The molecule has 286 valence electrons. The van der Waals surface area contributed by atoms with Gasteiger partial charge in [-0.3, -0.25) is 0 Å². The van der Waals surface area contributed by atoms with Crippen molar-refractivity contribution >= 4 is 42.3 Å². The van der Waals surface area contributed by atoms with E-state index < -0.39 is 0 Å². The van der Waals surface area contributed by atoms with E-state index in [4.69, 9.17) is 9.97 Å². The first-order valence-corrected chi connectivity index (χ1v) is 21.7. The summed E-state index contributed by atoms with van der Waals surface area (Å²) in [4.78, 5) is 10.9. The van der Waals surface area contributed by atoms with Gasteiger partial charge >= 0.3 is 0 Å². The lowest BCUT2D eigenvalue weighted by Gasteiger charge is -2.28. The zero-order valence-corrected chi connectivity index (χ0v) is 34.3. The van der Waals surface area contributed by atoms with Gasteiger partial charge in [0.25, 0.3) is 0 Å². The highest BCUT2D eigenvalue weighted by atomic mass is 32.1. The lowest BCUT2D eigenvalue weighted by atomic mass is 9.74. The Hall–Kier alpha value is -7.46. The molecular formula is C58H38N2S. The highest BCUT2D eigenvalue weighted by Crippen LogP contribution is 2.55. The molecule has 2 nitrogen and oxygen atoms in total. The number of rotatable bonds is 6. The van der Waals surface area contributed by atoms with Gasteiger partial charge in [0.1, 0.15) is 0 Å². The summed E-state index contributed by atoms with van der Waals surface area (Å²) >= 11 is 1.85. The molecule has 11 aromatic rings. The summed E-state index contributed by atoms with van der Waals surface area (Å²) in [5.74, 6) is 0.700. The third kappa shape index (κ3) is 5.77. The fraction of sp³-hybridized carbons (Fsp3) is 0.0345. The molecular weight excluding hydrogens is 757 g/mol. The Balaban J connectivity index is 1.12. The van der Waals surface area contributed by atoms with E-state index >= 15 is 0 Å². The molecule has 0 radical (unpaired) electrons. The standard InChI is InChI=1S/C58H38N2S/c1-58(44-20-6-3-7-21-44)49-26-12-10-22-46(49)55-47(25-14-27-50(55)58)52-36-51(59-57(60-52)38-17-4-2-5-18-38)43-34-41(40-31-30-37-16-8-9-19-39(37)32-40)33-42(35-43)45-24-15-29-54-56(45)48-23-11-13-28-53(48)61-54/h2-36H,1H3. The second-order valence-corrected chi connectivity index (χ2v) is 17.3. The van der Waals surface area contributed by atoms with Crippen molar-refractivity contribution in [2.24, 2.45) is 0 Å². The minimum Gasteiger partial charge on any atom is -0.228 e. The van der Waals surface area contributed by atoms with E-state index in [9.17, 15) is 0 Å². The Morgan fingerprint density at radius 3 is 1.92 bits per heavy atom. The number of benzene rings is 9. The molecule has 9 aromatic carbocycles. The molecule has 0 fully saturated rings. The molecule has 0 spiro atoms. The van der Waals surface area contributed by atoms with E-state index in [0.29, 0.717) is 5.82 Å². The lowest BCUT2D eigenvalue weighted by Crippen LogP contribution is -2.22. The van der Waals surface area contributed by atoms with Gasteiger partial charge in [-0.25, -0.2) is 9.97 Å². The van der Waals surface area contributed by atoms with Crippen molar-refractivity contribution in [2.45, 2.75) is 12.3 Å². The molecule has 61 heavy (non-hydrogen) atoms. The molecule has 0 amide bonds. The van der Waals surface area contributed by atoms with E-state index in [2.05, 4.69) is 213 Å². The normalized spacial score (nSPS) is 14.4. The molecule has 1 atom stereocenters. The molecule has 2 heterocycles. The molecule has 0 aliphatic heterocycles. The number of nitrogens with zero attached hydrogens (tertiary/aromatic N) is 2. The molecule has 0 saturated carbocycles. The molecule has 2 aromatic heterocycles. The molecule has 3 heteroatoms. The first-order valence-electron chi connectivity index (χ1n) is 20.9. The van der Waals surface area contributed by atoms with Crippen LogP contribution in [-0.2, 0) is 5.41 Å². The van der Waals surface area contributed by atoms with Crippen molar-refractivity contribution in [3.05, 3.63) is 229 Å². The SMILES string of the molecule is CC1(c2ccccc2)c2ccccc2-c2c(-c3cc(-c4cc(-c5ccc6ccccc6c5)cc(-c5cccc6sc7ccccc7c56)c4)nc(-c4ccccc4)n3)cccc21. The second-order valence-electron chi connectivity index (χ2n) is 16.2. The van der Waals surface area contributed by atoms with Gasteiger partial charge in [0.2, 0.25) is 0 Å². The predicted molar refractivity (Wildman–Crippen MR) is 257 cm³/mol. The summed E-state index contributed by atoms with van der Waals surface area (Å²) in [6.45, 7) is 2.37. The average molecular weight is 795 g/mol. The number of fused-ring (bicyclic) bond motifs is 7. The van der Waals surface area contributed by atoms with E-state index in [0.717, 1.165) is 39.2 Å². The first kappa shape index (κ1) is 35.5. The van der Waals surface area contributed by atoms with E-state index in [1.165, 1.54) is 69.9 Å². The van der Waals surface area contributed by atoms with Gasteiger partial charge in [0.15, 0.2) is 5.82 Å². The Labute approximate surface area is 359 Å². The Morgan fingerprint density at radius 2 is 1.03 bits per heavy atom. The number of hydrogen-bond donors (Lipinski definition) is 0. The van der Waals surface area contributed by atoms with Crippen LogP contribution in [0, 0.1) is 0 Å². The van der Waals surface area contributed by atoms with Crippen LogP contribution in [0.3, 0.4) is 0 Å². The molecule has 12 rings (SSSR count). The maximum absolute atomic E-state index is 5.43. The molecule has 0 N–H and O–H groups in total. The quantitative estimate of drug-likeness (QED) is 0.168. The molecule has 0 saturated heterocycles. The van der Waals surface area contributed by atoms with Crippen LogP contribution in [0.4, 0.5) is 0 Å². The smallest absolute Gasteiger partial charge is 0.160 e. The summed E-state index contributed by atoms with van der Waals surface area (Å²) in [5, 5.41) is 5.02. The minimum atomic E-state index is -0.322. The first-order chi connectivity index (χ1) is 30.1. The summed E-state index contributed by atoms with van der Waals surface area (Å²) < 4.78 is 2.58. The van der Waals surface area contributed by atoms with Crippen molar-refractivity contribution in [3.63, 3.8) is 0 Å². The highest BCUT2D eigenvalue weighted by molar-refractivity contribution is 7.25. The molecule has 1 unspecified atom stereocenters. The van der Waals surface area contributed by atoms with Crippen molar-refractivity contribution in [3.8, 4) is 67.3 Å². The number of hydrogen-bond acceptors (Lipinski definition) is 3. The number of aromatic nitrogens is 2. The van der Waals surface area contributed by atoms with Gasteiger partial charge in [-0.05, 0) is 110 Å². The summed E-state index contributed by atoms with van der Waals surface area (Å²) in [7, 11) is 0. The minimum absolute atomic E-state index is 0.322. The van der Waals surface area contributed by atoms with E-state index in [-0.39, 0.29) is 5.41 Å². The third-order valence-electron chi connectivity index (χ3n) is 12.7. The predicted octanol–water partition coefficient (Wildman–Crippen LogP) is 15.7. The van der Waals surface area contributed by atoms with Crippen LogP contribution < -0.4 is 0 Å². The van der Waals surface area contributed by atoms with Crippen molar-refractivity contribution in [1.29, 1.82) is 0 Å². The van der Waals surface area contributed by atoms with Crippen LogP contribution in [0.5, 0.6) is 0 Å². The maximum Gasteiger partial charge on any atom is 0.160 e. The van der Waals surface area contributed by atoms with Crippen LogP contribution in [0.15, 0.2) is 212 Å². The van der Waals surface area contributed by atoms with Gasteiger partial charge in [0.05, 0.1) is 11.4 Å². The van der Waals surface area contributed by atoms with Crippen LogP contribution >= 0.6 is 11.3 Å². The third-order valence-corrected chi connectivity index (χ3v) is 13.9. The second kappa shape index (κ2) is 14.1. The van der Waals surface area contributed by atoms with Crippen LogP contribution in [0.2, 0.25) is 0 Å². The maximum atomic E-state index is 5.43. The van der Waals surface area contributed by atoms with Crippen molar-refractivity contribution in [2.75, 3.05) is 0 Å². The van der Waals surface area contributed by atoms with Gasteiger partial charge < -0.3 is 0 Å². The van der Waals surface area contributed by atoms with E-state index in [1.54, 1.807) is 0 Å². The van der Waals surface area contributed by atoms with Crippen molar-refractivity contribution in [1.82, 2.24) is 9.97 Å². The van der Waals surface area contributed by atoms with Crippen LogP contribution in [0.1, 0.15) is 23.6 Å². The topological polar surface area (TPSA) is 25.8 Å². The van der Waals surface area contributed by atoms with Crippen LogP contribution in [-0.4, -0.2) is 9.97 Å². The number of thiophene rings is 1. The molecule has 0 bridgehead atoms. The van der Waals surface area contributed by atoms with Gasteiger partial charge in [-0.15, -0.1) is 11.3 Å². The Morgan fingerprint density at radius 1 is 0.393 bits per heavy atom. The fourth-order valence-corrected chi connectivity index (χ4v) is 10.9. The largest absolute Gasteiger partial charge is 0.228 e. The van der Waals surface area contributed by atoms with E-state index in [1.807, 2.05) is 17.4 Å². The zero-order valence-electron chi connectivity index (χ0n) is 33.5. The average Bonchev–Trinajstić information content (AvgIpc) is 3.85. The zero-order chi connectivity index (χ0) is 40.5. The molecule has 1 aliphatic carbocycles. The highest BCUT2D eigenvalue weighted by Gasteiger charge is 2.41. The Kier molecular flexibility index (Phi) is 8.19. The summed E-state index contributed by atoms with van der Waals surface area (Å²) in [6.07, 6.45) is 0. The van der Waals surface area contributed by atoms with Gasteiger partial charge in [0, 0.05) is 42.3 Å². The van der Waals surface area contributed by atoms with Crippen LogP contribution in [0.25, 0.3) is 98.2 Å². The van der Waals surface area contributed by atoms with Gasteiger partial charge in [-0.1, -0.05) is 170 Å². The fourth-order valence-electron chi connectivity index (χ4n) is 9.77. The molecule has 1 aliphatic rings. The Bertz CT molecular complexity index is 3490. The van der Waals surface area contributed by atoms with Gasteiger partial charge in [-0.2, -0.15) is 0 Å². The lowest BCUT2D eigenvalue weighted by molar-refractivity contribution is 0.714. The monoisotopic (exact) mass is 794 g/mol. The summed E-state index contributed by atoms with van der Waals surface area (Å²) in [6, 6.07) is 77.1.